The number of hydrogen-bond donors (Lipinski definition) is 2. The highest BCUT2D eigenvalue weighted by Crippen LogP contribution is 2.25. The van der Waals surface area contributed by atoms with E-state index in [2.05, 4.69) is 10.1 Å². The van der Waals surface area contributed by atoms with Crippen LogP contribution in [0.15, 0.2) is 65.5 Å². The summed E-state index contributed by atoms with van der Waals surface area (Å²) >= 11 is 0. The van der Waals surface area contributed by atoms with Crippen molar-refractivity contribution in [2.45, 2.75) is 6.92 Å². The lowest BCUT2D eigenvalue weighted by atomic mass is 10.1. The van der Waals surface area contributed by atoms with Gasteiger partial charge in [-0.25, -0.2) is 14.3 Å². The van der Waals surface area contributed by atoms with E-state index in [4.69, 9.17) is 4.74 Å². The Hall–Kier alpha value is -3.87. The zero-order valence-corrected chi connectivity index (χ0v) is 14.3. The molecular weight excluding hydrogens is 346 g/mol. The van der Waals surface area contributed by atoms with Crippen molar-refractivity contribution in [3.8, 4) is 22.8 Å². The molecule has 0 aliphatic carbocycles. The number of carboxylic acid groups (broad SMARTS) is 1. The number of benzene rings is 2. The second kappa shape index (κ2) is 6.45. The van der Waals surface area contributed by atoms with Gasteiger partial charge in [-0.3, -0.25) is 9.89 Å². The first-order valence-corrected chi connectivity index (χ1v) is 8.22. The second-order valence-electron chi connectivity index (χ2n) is 6.00. The van der Waals surface area contributed by atoms with Crippen LogP contribution in [0.3, 0.4) is 0 Å². The number of nitrogens with zero attached hydrogens (tertiary/aromatic N) is 2. The topological polar surface area (TPSA) is 96.7 Å². The maximum Gasteiger partial charge on any atom is 0.341 e. The first kappa shape index (κ1) is 16.6. The summed E-state index contributed by atoms with van der Waals surface area (Å²) in [5.41, 5.74) is 1.15. The molecule has 0 aliphatic rings. The Bertz CT molecular complexity index is 1190. The summed E-state index contributed by atoms with van der Waals surface area (Å²) in [6.07, 6.45) is 0. The molecule has 0 saturated heterocycles. The van der Waals surface area contributed by atoms with E-state index in [1.807, 2.05) is 30.3 Å². The molecule has 0 bridgehead atoms. The summed E-state index contributed by atoms with van der Waals surface area (Å²) in [4.78, 5) is 28.2. The van der Waals surface area contributed by atoms with Crippen molar-refractivity contribution in [1.82, 2.24) is 14.6 Å². The van der Waals surface area contributed by atoms with Gasteiger partial charge in [0.1, 0.15) is 17.1 Å². The van der Waals surface area contributed by atoms with Gasteiger partial charge in [-0.1, -0.05) is 18.2 Å². The number of nitrogens with one attached hydrogen (secondary N) is 1. The summed E-state index contributed by atoms with van der Waals surface area (Å²) in [6.45, 7) is 1.59. The van der Waals surface area contributed by atoms with Gasteiger partial charge in [-0.15, -0.1) is 0 Å². The van der Waals surface area contributed by atoms with Gasteiger partial charge in [0, 0.05) is 17.3 Å². The zero-order valence-electron chi connectivity index (χ0n) is 14.3. The molecule has 0 atom stereocenters. The molecule has 0 radical (unpaired) electrons. The minimum atomic E-state index is -1.14. The molecule has 4 rings (SSSR count). The SMILES string of the molecule is Cc1[nH]n2c(=O)cc(-c3ccc(Oc4ccccc4)cc3)nc2c1C(=O)O. The minimum absolute atomic E-state index is 0.0158. The minimum Gasteiger partial charge on any atom is -0.477 e. The highest BCUT2D eigenvalue weighted by atomic mass is 16.5. The average molecular weight is 361 g/mol. The highest BCUT2D eigenvalue weighted by Gasteiger charge is 2.18. The first-order valence-electron chi connectivity index (χ1n) is 8.22. The molecule has 2 aromatic carbocycles. The van der Waals surface area contributed by atoms with Gasteiger partial charge in [0.05, 0.1) is 5.69 Å². The number of H-pyrrole nitrogens is 1. The van der Waals surface area contributed by atoms with Crippen molar-refractivity contribution in [3.05, 3.63) is 82.3 Å². The maximum absolute atomic E-state index is 12.3. The molecular formula is C20H15N3O4. The number of carboxylic acids is 1. The number of fused-ring (bicyclic) bond motifs is 1. The molecule has 2 heterocycles. The molecule has 0 fully saturated rings. The molecule has 0 saturated carbocycles. The van der Waals surface area contributed by atoms with E-state index in [1.54, 1.807) is 31.2 Å². The fraction of sp³-hybridized carbons (Fsp3) is 0.0500. The molecule has 7 nitrogen and oxygen atoms in total. The molecule has 134 valence electrons. The zero-order chi connectivity index (χ0) is 19.0. The fourth-order valence-electron chi connectivity index (χ4n) is 2.87. The number of aromatic amines is 1. The maximum atomic E-state index is 12.3. The number of rotatable bonds is 4. The predicted molar refractivity (Wildman–Crippen MR) is 99.5 cm³/mol. The monoisotopic (exact) mass is 361 g/mol. The van der Waals surface area contributed by atoms with Crippen LogP contribution in [-0.2, 0) is 0 Å². The number of aromatic carboxylic acids is 1. The van der Waals surface area contributed by atoms with Gasteiger partial charge in [-0.05, 0) is 43.3 Å². The van der Waals surface area contributed by atoms with Crippen LogP contribution in [0.1, 0.15) is 16.1 Å². The molecule has 2 N–H and O–H groups in total. The number of aryl methyl sites for hydroxylation is 1. The summed E-state index contributed by atoms with van der Waals surface area (Å²) in [6, 6.07) is 17.8. The summed E-state index contributed by atoms with van der Waals surface area (Å²) in [5.74, 6) is 0.227. The molecule has 7 heteroatoms. The summed E-state index contributed by atoms with van der Waals surface area (Å²) in [5, 5.41) is 12.1. The van der Waals surface area contributed by atoms with E-state index < -0.39 is 5.97 Å². The Morgan fingerprint density at radius 2 is 1.74 bits per heavy atom. The Kier molecular flexibility index (Phi) is 3.97. The third-order valence-electron chi connectivity index (χ3n) is 4.14. The van der Waals surface area contributed by atoms with Gasteiger partial charge in [-0.2, -0.15) is 0 Å². The van der Waals surface area contributed by atoms with Crippen molar-refractivity contribution in [1.29, 1.82) is 0 Å². The van der Waals surface area contributed by atoms with Gasteiger partial charge < -0.3 is 9.84 Å². The average Bonchev–Trinajstić information content (AvgIpc) is 3.00. The number of ether oxygens (including phenoxy) is 1. The van der Waals surface area contributed by atoms with Gasteiger partial charge >= 0.3 is 5.97 Å². The van der Waals surface area contributed by atoms with Crippen molar-refractivity contribution in [3.63, 3.8) is 0 Å². The molecule has 27 heavy (non-hydrogen) atoms. The number of carbonyl (C=O) groups is 1. The van der Waals surface area contributed by atoms with Crippen LogP contribution in [0.25, 0.3) is 16.9 Å². The first-order chi connectivity index (χ1) is 13.0. The van der Waals surface area contributed by atoms with E-state index in [-0.39, 0.29) is 16.8 Å². The van der Waals surface area contributed by atoms with Crippen LogP contribution < -0.4 is 10.3 Å². The Morgan fingerprint density at radius 3 is 2.41 bits per heavy atom. The van der Waals surface area contributed by atoms with Gasteiger partial charge in [0.2, 0.25) is 0 Å². The van der Waals surface area contributed by atoms with E-state index in [0.717, 1.165) is 10.3 Å². The summed E-state index contributed by atoms with van der Waals surface area (Å²) < 4.78 is 6.88. The van der Waals surface area contributed by atoms with Crippen LogP contribution in [0.2, 0.25) is 0 Å². The lowest BCUT2D eigenvalue weighted by Crippen LogP contribution is -2.15. The lowest BCUT2D eigenvalue weighted by Gasteiger charge is -2.07. The number of hydrogen-bond acceptors (Lipinski definition) is 4. The lowest BCUT2D eigenvalue weighted by molar-refractivity contribution is 0.0698. The van der Waals surface area contributed by atoms with Crippen LogP contribution >= 0.6 is 0 Å². The van der Waals surface area contributed by atoms with Gasteiger partial charge in [0.15, 0.2) is 5.65 Å². The largest absolute Gasteiger partial charge is 0.477 e. The van der Waals surface area contributed by atoms with Crippen molar-refractivity contribution >= 4 is 11.6 Å². The Balaban J connectivity index is 1.73. The van der Waals surface area contributed by atoms with Crippen LogP contribution in [-0.4, -0.2) is 25.7 Å². The van der Waals surface area contributed by atoms with E-state index in [1.165, 1.54) is 6.07 Å². The molecule has 0 spiro atoms. The van der Waals surface area contributed by atoms with E-state index >= 15 is 0 Å². The fourth-order valence-corrected chi connectivity index (χ4v) is 2.87. The molecule has 2 aromatic heterocycles. The van der Waals surface area contributed by atoms with E-state index in [0.29, 0.717) is 22.7 Å². The Morgan fingerprint density at radius 1 is 1.07 bits per heavy atom. The van der Waals surface area contributed by atoms with Crippen molar-refractivity contribution in [2.24, 2.45) is 0 Å². The standard InChI is InChI=1S/C20H15N3O4/c1-12-18(20(25)26)19-21-16(11-17(24)23(19)22-12)13-7-9-15(10-8-13)27-14-5-3-2-4-6-14/h2-11,22H,1H3,(H,25,26). The van der Waals surface area contributed by atoms with E-state index in [9.17, 15) is 14.7 Å². The van der Waals surface area contributed by atoms with Crippen molar-refractivity contribution < 1.29 is 14.6 Å². The summed E-state index contributed by atoms with van der Waals surface area (Å²) in [7, 11) is 0. The van der Waals surface area contributed by atoms with Crippen LogP contribution in [0.4, 0.5) is 0 Å². The Labute approximate surface area is 153 Å². The normalized spacial score (nSPS) is 10.9. The second-order valence-corrected chi connectivity index (χ2v) is 6.00. The highest BCUT2D eigenvalue weighted by molar-refractivity contribution is 5.96. The smallest absolute Gasteiger partial charge is 0.341 e. The quantitative estimate of drug-likeness (QED) is 0.580. The number of para-hydroxylation sites is 1. The molecule has 4 aromatic rings. The van der Waals surface area contributed by atoms with Crippen LogP contribution in [0, 0.1) is 6.92 Å². The predicted octanol–water partition coefficient (Wildman–Crippen LogP) is 3.49. The third kappa shape index (κ3) is 3.06. The van der Waals surface area contributed by atoms with Crippen molar-refractivity contribution in [2.75, 3.05) is 0 Å². The molecule has 0 unspecified atom stereocenters. The third-order valence-corrected chi connectivity index (χ3v) is 4.14. The molecule has 0 aliphatic heterocycles. The van der Waals surface area contributed by atoms with Crippen LogP contribution in [0.5, 0.6) is 11.5 Å². The number of aromatic nitrogens is 3. The van der Waals surface area contributed by atoms with Gasteiger partial charge in [0.25, 0.3) is 5.56 Å². The molecule has 0 amide bonds.